The van der Waals surface area contributed by atoms with Gasteiger partial charge in [0.2, 0.25) is 0 Å². The molecule has 3 aromatic rings. The zero-order valence-electron chi connectivity index (χ0n) is 14.4. The van der Waals surface area contributed by atoms with Crippen molar-refractivity contribution in [2.45, 2.75) is 52.5 Å². The molecule has 0 aliphatic rings. The lowest BCUT2D eigenvalue weighted by Crippen LogP contribution is -2.10. The molecule has 0 aromatic carbocycles. The number of pyridine rings is 1. The maximum absolute atomic E-state index is 4.79. The lowest BCUT2D eigenvalue weighted by Gasteiger charge is -2.15. The third-order valence-electron chi connectivity index (χ3n) is 4.11. The van der Waals surface area contributed by atoms with Gasteiger partial charge in [-0.2, -0.15) is 0 Å². The number of nitrogens with zero attached hydrogens (tertiary/aromatic N) is 5. The van der Waals surface area contributed by atoms with Crippen LogP contribution in [0.5, 0.6) is 0 Å². The standard InChI is InChI=1S/C18H23N5/c1-11(2)15-16-18(22-17(21-15)12(3)4)23(10-20-16)13(5)14-7-6-8-19-9-14/h6-13H,1-5H3. The van der Waals surface area contributed by atoms with Gasteiger partial charge in [-0.1, -0.05) is 33.8 Å². The molecule has 1 unspecified atom stereocenters. The van der Waals surface area contributed by atoms with E-state index in [1.54, 1.807) is 6.20 Å². The fraction of sp³-hybridized carbons (Fsp3) is 0.444. The van der Waals surface area contributed by atoms with Crippen molar-refractivity contribution in [3.05, 3.63) is 47.9 Å². The van der Waals surface area contributed by atoms with Crippen LogP contribution in [0.3, 0.4) is 0 Å². The molecule has 0 N–H and O–H groups in total. The van der Waals surface area contributed by atoms with Crippen molar-refractivity contribution < 1.29 is 0 Å². The van der Waals surface area contributed by atoms with Gasteiger partial charge in [-0.25, -0.2) is 15.0 Å². The third kappa shape index (κ3) is 2.83. The van der Waals surface area contributed by atoms with E-state index in [0.29, 0.717) is 5.92 Å². The second-order valence-corrected chi connectivity index (χ2v) is 6.56. The molecule has 0 aliphatic heterocycles. The van der Waals surface area contributed by atoms with Gasteiger partial charge >= 0.3 is 0 Å². The average Bonchev–Trinajstić information content (AvgIpc) is 2.97. The van der Waals surface area contributed by atoms with Gasteiger partial charge in [0.05, 0.1) is 18.1 Å². The first-order valence-corrected chi connectivity index (χ1v) is 8.13. The molecule has 0 bridgehead atoms. The predicted molar refractivity (Wildman–Crippen MR) is 91.6 cm³/mol. The van der Waals surface area contributed by atoms with E-state index in [0.717, 1.165) is 28.2 Å². The third-order valence-corrected chi connectivity index (χ3v) is 4.11. The smallest absolute Gasteiger partial charge is 0.164 e. The van der Waals surface area contributed by atoms with Crippen LogP contribution in [-0.4, -0.2) is 24.5 Å². The Morgan fingerprint density at radius 3 is 2.39 bits per heavy atom. The summed E-state index contributed by atoms with van der Waals surface area (Å²) in [5, 5.41) is 0. The summed E-state index contributed by atoms with van der Waals surface area (Å²) in [5.74, 6) is 1.48. The van der Waals surface area contributed by atoms with Crippen molar-refractivity contribution in [1.82, 2.24) is 24.5 Å². The largest absolute Gasteiger partial charge is 0.308 e. The molecule has 0 fully saturated rings. The average molecular weight is 309 g/mol. The predicted octanol–water partition coefficient (Wildman–Crippen LogP) is 4.08. The van der Waals surface area contributed by atoms with Crippen LogP contribution in [0.25, 0.3) is 11.2 Å². The number of aromatic nitrogens is 5. The fourth-order valence-electron chi connectivity index (χ4n) is 2.68. The van der Waals surface area contributed by atoms with Crippen LogP contribution >= 0.6 is 0 Å². The van der Waals surface area contributed by atoms with E-state index in [1.165, 1.54) is 0 Å². The molecule has 23 heavy (non-hydrogen) atoms. The van der Waals surface area contributed by atoms with E-state index >= 15 is 0 Å². The van der Waals surface area contributed by atoms with Gasteiger partial charge < -0.3 is 4.57 Å². The van der Waals surface area contributed by atoms with Crippen molar-refractivity contribution >= 4 is 11.2 Å². The topological polar surface area (TPSA) is 56.5 Å². The van der Waals surface area contributed by atoms with Gasteiger partial charge in [0, 0.05) is 18.3 Å². The van der Waals surface area contributed by atoms with Gasteiger partial charge in [-0.15, -0.1) is 0 Å². The second-order valence-electron chi connectivity index (χ2n) is 6.56. The Morgan fingerprint density at radius 1 is 1.00 bits per heavy atom. The molecule has 0 saturated carbocycles. The molecular weight excluding hydrogens is 286 g/mol. The summed E-state index contributed by atoms with van der Waals surface area (Å²) in [4.78, 5) is 18.4. The Labute approximate surface area is 136 Å². The molecular formula is C18H23N5. The van der Waals surface area contributed by atoms with Crippen LogP contribution < -0.4 is 0 Å². The van der Waals surface area contributed by atoms with Crippen LogP contribution in [0.2, 0.25) is 0 Å². The second kappa shape index (κ2) is 6.07. The van der Waals surface area contributed by atoms with E-state index < -0.39 is 0 Å². The van der Waals surface area contributed by atoms with E-state index in [9.17, 15) is 0 Å². The Morgan fingerprint density at radius 2 is 1.78 bits per heavy atom. The zero-order valence-corrected chi connectivity index (χ0v) is 14.4. The first-order valence-electron chi connectivity index (χ1n) is 8.13. The molecule has 0 radical (unpaired) electrons. The van der Waals surface area contributed by atoms with Crippen molar-refractivity contribution in [3.8, 4) is 0 Å². The Hall–Kier alpha value is -2.30. The van der Waals surface area contributed by atoms with Gasteiger partial charge in [-0.05, 0) is 24.5 Å². The van der Waals surface area contributed by atoms with Crippen molar-refractivity contribution in [1.29, 1.82) is 0 Å². The fourth-order valence-corrected chi connectivity index (χ4v) is 2.68. The molecule has 3 rings (SSSR count). The molecule has 0 saturated heterocycles. The molecule has 1 atom stereocenters. The summed E-state index contributed by atoms with van der Waals surface area (Å²) in [6.45, 7) is 10.7. The lowest BCUT2D eigenvalue weighted by molar-refractivity contribution is 0.644. The molecule has 3 heterocycles. The summed E-state index contributed by atoms with van der Waals surface area (Å²) >= 11 is 0. The highest BCUT2D eigenvalue weighted by Crippen LogP contribution is 2.27. The van der Waals surface area contributed by atoms with E-state index in [4.69, 9.17) is 9.97 Å². The monoisotopic (exact) mass is 309 g/mol. The number of rotatable bonds is 4. The van der Waals surface area contributed by atoms with Gasteiger partial charge in [-0.3, -0.25) is 4.98 Å². The summed E-state index contributed by atoms with van der Waals surface area (Å²) in [5.41, 5.74) is 3.97. The van der Waals surface area contributed by atoms with Crippen LogP contribution in [0.15, 0.2) is 30.9 Å². The van der Waals surface area contributed by atoms with Crippen molar-refractivity contribution in [2.75, 3.05) is 0 Å². The summed E-state index contributed by atoms with van der Waals surface area (Å²) in [6, 6.07) is 4.17. The summed E-state index contributed by atoms with van der Waals surface area (Å²) in [7, 11) is 0. The van der Waals surface area contributed by atoms with E-state index in [-0.39, 0.29) is 12.0 Å². The molecule has 3 aromatic heterocycles. The highest BCUT2D eigenvalue weighted by Gasteiger charge is 2.19. The molecule has 5 heteroatoms. The number of imidazole rings is 1. The number of fused-ring (bicyclic) bond motifs is 1. The number of hydrogen-bond acceptors (Lipinski definition) is 4. The van der Waals surface area contributed by atoms with Crippen LogP contribution in [0, 0.1) is 0 Å². The molecule has 0 amide bonds. The highest BCUT2D eigenvalue weighted by molar-refractivity contribution is 5.74. The van der Waals surface area contributed by atoms with Crippen molar-refractivity contribution in [3.63, 3.8) is 0 Å². The maximum atomic E-state index is 4.79. The maximum Gasteiger partial charge on any atom is 0.164 e. The normalized spacial score (nSPS) is 13.2. The van der Waals surface area contributed by atoms with Crippen LogP contribution in [0.4, 0.5) is 0 Å². The summed E-state index contributed by atoms with van der Waals surface area (Å²) in [6.07, 6.45) is 5.55. The molecule has 0 spiro atoms. The first-order chi connectivity index (χ1) is 11.0. The highest BCUT2D eigenvalue weighted by atomic mass is 15.1. The molecule has 0 aliphatic carbocycles. The van der Waals surface area contributed by atoms with Crippen LogP contribution in [-0.2, 0) is 0 Å². The minimum absolute atomic E-state index is 0.128. The Bertz CT molecular complexity index is 805. The SMILES string of the molecule is CC(C)c1nc(C(C)C)c2ncn(C(C)c3cccnc3)c2n1. The van der Waals surface area contributed by atoms with Crippen molar-refractivity contribution in [2.24, 2.45) is 0 Å². The minimum atomic E-state index is 0.128. The van der Waals surface area contributed by atoms with Crippen LogP contribution in [0.1, 0.15) is 69.6 Å². The zero-order chi connectivity index (χ0) is 16.6. The number of hydrogen-bond donors (Lipinski definition) is 0. The van der Waals surface area contributed by atoms with Gasteiger partial charge in [0.15, 0.2) is 5.65 Å². The summed E-state index contributed by atoms with van der Waals surface area (Å²) < 4.78 is 2.12. The molecule has 5 nitrogen and oxygen atoms in total. The van der Waals surface area contributed by atoms with E-state index in [1.807, 2.05) is 18.6 Å². The Balaban J connectivity index is 2.19. The van der Waals surface area contributed by atoms with Gasteiger partial charge in [0.1, 0.15) is 11.3 Å². The lowest BCUT2D eigenvalue weighted by atomic mass is 10.1. The molecule has 120 valence electrons. The Kier molecular flexibility index (Phi) is 4.11. The first kappa shape index (κ1) is 15.6. The van der Waals surface area contributed by atoms with E-state index in [2.05, 4.69) is 55.2 Å². The van der Waals surface area contributed by atoms with Gasteiger partial charge in [0.25, 0.3) is 0 Å². The minimum Gasteiger partial charge on any atom is -0.308 e. The quantitative estimate of drug-likeness (QED) is 0.728.